The van der Waals surface area contributed by atoms with Crippen LogP contribution in [0.25, 0.3) is 0 Å². The van der Waals surface area contributed by atoms with Gasteiger partial charge in [0.05, 0.1) is 33.3 Å². The molecule has 0 aliphatic heterocycles. The molecule has 0 saturated carbocycles. The van der Waals surface area contributed by atoms with E-state index in [1.807, 2.05) is 13.0 Å². The van der Waals surface area contributed by atoms with E-state index in [1.165, 1.54) is 38.4 Å². The Labute approximate surface area is 213 Å². The number of hydrogen-bond donors (Lipinski definition) is 1. The van der Waals surface area contributed by atoms with Crippen LogP contribution in [0.15, 0.2) is 42.5 Å². The largest absolute Gasteiger partial charge is 0.497 e. The summed E-state index contributed by atoms with van der Waals surface area (Å²) < 4.78 is 42.2. The smallest absolute Gasteiger partial charge is 0.244 e. The normalized spacial score (nSPS) is 11.8. The van der Waals surface area contributed by atoms with Crippen LogP contribution < -0.4 is 23.8 Å². The maximum Gasteiger partial charge on any atom is 0.244 e. The summed E-state index contributed by atoms with van der Waals surface area (Å²) >= 11 is 0. The second kappa shape index (κ2) is 13.0. The van der Waals surface area contributed by atoms with Gasteiger partial charge in [-0.3, -0.25) is 13.9 Å². The number of ether oxygens (including phenoxy) is 3. The highest BCUT2D eigenvalue weighted by atomic mass is 32.2. The molecule has 1 N–H and O–H groups in total. The molecule has 0 aromatic heterocycles. The zero-order chi connectivity index (χ0) is 26.9. The Balaban J connectivity index is 2.43. The number of nitrogens with one attached hydrogen (secondary N) is 1. The highest BCUT2D eigenvalue weighted by molar-refractivity contribution is 7.92. The summed E-state index contributed by atoms with van der Waals surface area (Å²) in [5.41, 5.74) is 0.961. The van der Waals surface area contributed by atoms with Crippen LogP contribution in [0.2, 0.25) is 0 Å². The van der Waals surface area contributed by atoms with Crippen molar-refractivity contribution in [3.05, 3.63) is 48.0 Å². The molecule has 0 aliphatic carbocycles. The third kappa shape index (κ3) is 7.51. The van der Waals surface area contributed by atoms with Gasteiger partial charge in [-0.2, -0.15) is 0 Å². The van der Waals surface area contributed by atoms with Crippen molar-refractivity contribution in [3.8, 4) is 17.2 Å². The molecule has 36 heavy (non-hydrogen) atoms. The summed E-state index contributed by atoms with van der Waals surface area (Å²) in [5, 5.41) is 2.80. The lowest BCUT2D eigenvalue weighted by atomic mass is 10.1. The SMILES string of the molecule is CCCNC(=O)[C@@H](C)N(Cc1cccc(OC)c1)C(=O)CN(c1ccc(OC)c(OC)c1)S(C)(=O)=O. The third-order valence-corrected chi connectivity index (χ3v) is 6.68. The number of anilines is 1. The summed E-state index contributed by atoms with van der Waals surface area (Å²) in [6.07, 6.45) is 1.75. The van der Waals surface area contributed by atoms with Crippen LogP contribution in [0.1, 0.15) is 25.8 Å². The lowest BCUT2D eigenvalue weighted by Gasteiger charge is -2.31. The Kier molecular flexibility index (Phi) is 10.4. The van der Waals surface area contributed by atoms with E-state index in [4.69, 9.17) is 14.2 Å². The van der Waals surface area contributed by atoms with Gasteiger partial charge < -0.3 is 24.4 Å². The second-order valence-corrected chi connectivity index (χ2v) is 10.1. The molecule has 0 unspecified atom stereocenters. The summed E-state index contributed by atoms with van der Waals surface area (Å²) in [6, 6.07) is 10.9. The minimum atomic E-state index is -3.87. The number of nitrogens with zero attached hydrogens (tertiary/aromatic N) is 2. The molecule has 1 atom stereocenters. The summed E-state index contributed by atoms with van der Waals surface area (Å²) in [7, 11) is 0.575. The maximum absolute atomic E-state index is 13.6. The van der Waals surface area contributed by atoms with Crippen LogP contribution in [-0.2, 0) is 26.2 Å². The van der Waals surface area contributed by atoms with Crippen LogP contribution in [0.3, 0.4) is 0 Å². The highest BCUT2D eigenvalue weighted by Crippen LogP contribution is 2.32. The average molecular weight is 522 g/mol. The number of amides is 2. The molecule has 0 radical (unpaired) electrons. The first-order valence-corrected chi connectivity index (χ1v) is 13.3. The van der Waals surface area contributed by atoms with Gasteiger partial charge in [0.1, 0.15) is 18.3 Å². The number of benzene rings is 2. The van der Waals surface area contributed by atoms with E-state index in [9.17, 15) is 18.0 Å². The van der Waals surface area contributed by atoms with Crippen LogP contribution in [0, 0.1) is 0 Å². The zero-order valence-electron chi connectivity index (χ0n) is 21.6. The van der Waals surface area contributed by atoms with E-state index in [2.05, 4.69) is 5.32 Å². The first-order chi connectivity index (χ1) is 17.0. The molecular weight excluding hydrogens is 486 g/mol. The Morgan fingerprint density at radius 3 is 2.28 bits per heavy atom. The molecule has 0 heterocycles. The van der Waals surface area contributed by atoms with Gasteiger partial charge in [0.15, 0.2) is 11.5 Å². The molecule has 2 rings (SSSR count). The number of carbonyl (C=O) groups is 2. The molecule has 0 saturated heterocycles. The predicted octanol–water partition coefficient (Wildman–Crippen LogP) is 2.42. The van der Waals surface area contributed by atoms with Gasteiger partial charge in [-0.15, -0.1) is 0 Å². The number of hydrogen-bond acceptors (Lipinski definition) is 7. The van der Waals surface area contributed by atoms with Gasteiger partial charge in [0.2, 0.25) is 21.8 Å². The predicted molar refractivity (Wildman–Crippen MR) is 138 cm³/mol. The van der Waals surface area contributed by atoms with Gasteiger partial charge in [-0.25, -0.2) is 8.42 Å². The van der Waals surface area contributed by atoms with Crippen LogP contribution in [-0.4, -0.2) is 71.8 Å². The lowest BCUT2D eigenvalue weighted by molar-refractivity contribution is -0.139. The zero-order valence-corrected chi connectivity index (χ0v) is 22.4. The van der Waals surface area contributed by atoms with Crippen molar-refractivity contribution in [1.82, 2.24) is 10.2 Å². The summed E-state index contributed by atoms with van der Waals surface area (Å²) in [6.45, 7) is 3.58. The van der Waals surface area contributed by atoms with Crippen LogP contribution in [0.5, 0.6) is 17.2 Å². The fraction of sp³-hybridized carbons (Fsp3) is 0.440. The Morgan fingerprint density at radius 2 is 1.69 bits per heavy atom. The molecule has 198 valence electrons. The van der Waals surface area contributed by atoms with Crippen molar-refractivity contribution in [2.45, 2.75) is 32.9 Å². The number of carbonyl (C=O) groups excluding carboxylic acids is 2. The summed E-state index contributed by atoms with van der Waals surface area (Å²) in [4.78, 5) is 27.7. The van der Waals surface area contributed by atoms with Crippen molar-refractivity contribution in [2.75, 3.05) is 45.0 Å². The third-order valence-electron chi connectivity index (χ3n) is 5.54. The minimum absolute atomic E-state index is 0.0836. The topological polar surface area (TPSA) is 114 Å². The summed E-state index contributed by atoms with van der Waals surface area (Å²) in [5.74, 6) is 0.465. The lowest BCUT2D eigenvalue weighted by Crippen LogP contribution is -2.51. The van der Waals surface area contributed by atoms with Gasteiger partial charge in [0, 0.05) is 19.2 Å². The van der Waals surface area contributed by atoms with Gasteiger partial charge >= 0.3 is 0 Å². The van der Waals surface area contributed by atoms with Crippen molar-refractivity contribution < 1.29 is 32.2 Å². The van der Waals surface area contributed by atoms with Gasteiger partial charge in [-0.05, 0) is 43.2 Å². The quantitative estimate of drug-likeness (QED) is 0.431. The molecule has 2 amide bonds. The van der Waals surface area contributed by atoms with Crippen molar-refractivity contribution >= 4 is 27.5 Å². The van der Waals surface area contributed by atoms with Gasteiger partial charge in [-0.1, -0.05) is 19.1 Å². The fourth-order valence-corrected chi connectivity index (χ4v) is 4.38. The molecule has 0 aliphatic rings. The number of methoxy groups -OCH3 is 3. The fourth-order valence-electron chi connectivity index (χ4n) is 3.54. The first-order valence-electron chi connectivity index (χ1n) is 11.5. The monoisotopic (exact) mass is 521 g/mol. The molecule has 0 fully saturated rings. The van der Waals surface area contributed by atoms with Crippen LogP contribution in [0.4, 0.5) is 5.69 Å². The number of rotatable bonds is 13. The molecular formula is C25H35N3O7S. The van der Waals surface area contributed by atoms with Crippen molar-refractivity contribution in [3.63, 3.8) is 0 Å². The second-order valence-electron chi connectivity index (χ2n) is 8.15. The maximum atomic E-state index is 13.6. The van der Waals surface area contributed by atoms with Gasteiger partial charge in [0.25, 0.3) is 0 Å². The highest BCUT2D eigenvalue weighted by Gasteiger charge is 2.30. The van der Waals surface area contributed by atoms with E-state index < -0.39 is 28.5 Å². The Bertz CT molecular complexity index is 1150. The molecule has 10 nitrogen and oxygen atoms in total. The Morgan fingerprint density at radius 1 is 1.00 bits per heavy atom. The number of sulfonamides is 1. The van der Waals surface area contributed by atoms with E-state index in [0.717, 1.165) is 22.5 Å². The minimum Gasteiger partial charge on any atom is -0.497 e. The molecule has 0 spiro atoms. The van der Waals surface area contributed by atoms with Crippen molar-refractivity contribution in [1.29, 1.82) is 0 Å². The Hall–Kier alpha value is -3.47. The van der Waals surface area contributed by atoms with E-state index >= 15 is 0 Å². The van der Waals surface area contributed by atoms with E-state index in [0.29, 0.717) is 23.8 Å². The molecule has 2 aromatic rings. The first kappa shape index (κ1) is 28.8. The van der Waals surface area contributed by atoms with E-state index in [-0.39, 0.29) is 18.1 Å². The molecule has 11 heteroatoms. The average Bonchev–Trinajstić information content (AvgIpc) is 2.87. The standard InChI is InChI=1S/C25H35N3O7S/c1-7-13-26-25(30)18(2)27(16-19-9-8-10-21(14-19)33-3)24(29)17-28(36(6,31)32)20-11-12-22(34-4)23(15-20)35-5/h8-12,14-15,18H,7,13,16-17H2,1-6H3,(H,26,30)/t18-/m1/s1. The van der Waals surface area contributed by atoms with Crippen molar-refractivity contribution in [2.24, 2.45) is 0 Å². The molecule has 2 aromatic carbocycles. The van der Waals surface area contributed by atoms with Crippen LogP contribution >= 0.6 is 0 Å². The van der Waals surface area contributed by atoms with E-state index in [1.54, 1.807) is 31.2 Å². The molecule has 0 bridgehead atoms.